The van der Waals surface area contributed by atoms with Crippen LogP contribution in [0.4, 0.5) is 0 Å². The van der Waals surface area contributed by atoms with E-state index in [2.05, 4.69) is 0 Å². The van der Waals surface area contributed by atoms with Crippen molar-refractivity contribution in [3.63, 3.8) is 0 Å². The second-order valence-corrected chi connectivity index (χ2v) is 1.74. The summed E-state index contributed by atoms with van der Waals surface area (Å²) in [6.45, 7) is 3.26. The Hall–Kier alpha value is -0.120. The van der Waals surface area contributed by atoms with Gasteiger partial charge in [0.15, 0.2) is 0 Å². The van der Waals surface area contributed by atoms with Crippen molar-refractivity contribution in [2.75, 3.05) is 13.2 Å². The Morgan fingerprint density at radius 1 is 1.50 bits per heavy atom. The van der Waals surface area contributed by atoms with Gasteiger partial charge in [0.2, 0.25) is 0 Å². The molecule has 0 aliphatic carbocycles. The van der Waals surface area contributed by atoms with Gasteiger partial charge in [0, 0.05) is 6.61 Å². The standard InChI is InChI=1S/C5H14N2O/c1-2-3-8-4-5(6)7/h5H,2-4,6-7H2,1H3. The predicted octanol–water partition coefficient (Wildman–Crippen LogP) is -0.343. The van der Waals surface area contributed by atoms with Crippen LogP contribution in [0.5, 0.6) is 0 Å². The van der Waals surface area contributed by atoms with E-state index in [1.54, 1.807) is 0 Å². The van der Waals surface area contributed by atoms with Crippen molar-refractivity contribution in [1.29, 1.82) is 0 Å². The molecule has 0 radical (unpaired) electrons. The van der Waals surface area contributed by atoms with Gasteiger partial charge in [-0.3, -0.25) is 0 Å². The number of rotatable bonds is 4. The van der Waals surface area contributed by atoms with Crippen LogP contribution in [0.2, 0.25) is 0 Å². The van der Waals surface area contributed by atoms with Crippen LogP contribution in [-0.2, 0) is 4.74 Å². The quantitative estimate of drug-likeness (QED) is 0.392. The highest BCUT2D eigenvalue weighted by Crippen LogP contribution is 1.78. The second-order valence-electron chi connectivity index (χ2n) is 1.74. The molecule has 3 nitrogen and oxygen atoms in total. The van der Waals surface area contributed by atoms with E-state index in [9.17, 15) is 0 Å². The van der Waals surface area contributed by atoms with Crippen LogP contribution in [0, 0.1) is 0 Å². The zero-order valence-electron chi connectivity index (χ0n) is 5.26. The molecule has 0 aromatic heterocycles. The first-order chi connectivity index (χ1) is 3.77. The summed E-state index contributed by atoms with van der Waals surface area (Å²) in [7, 11) is 0. The predicted molar refractivity (Wildman–Crippen MR) is 33.3 cm³/mol. The first-order valence-electron chi connectivity index (χ1n) is 2.86. The van der Waals surface area contributed by atoms with E-state index < -0.39 is 0 Å². The van der Waals surface area contributed by atoms with Crippen LogP contribution >= 0.6 is 0 Å². The van der Waals surface area contributed by atoms with Crippen molar-refractivity contribution in [1.82, 2.24) is 0 Å². The number of hydrogen-bond acceptors (Lipinski definition) is 3. The molecule has 3 heteroatoms. The summed E-state index contributed by atoms with van der Waals surface area (Å²) in [5.41, 5.74) is 10.4. The van der Waals surface area contributed by atoms with Gasteiger partial charge in [0.25, 0.3) is 0 Å². The maximum Gasteiger partial charge on any atom is 0.0762 e. The normalized spacial score (nSPS) is 10.5. The van der Waals surface area contributed by atoms with E-state index in [-0.39, 0.29) is 6.17 Å². The third-order valence-electron chi connectivity index (χ3n) is 0.659. The molecule has 0 unspecified atom stereocenters. The van der Waals surface area contributed by atoms with Crippen LogP contribution in [0.15, 0.2) is 0 Å². The van der Waals surface area contributed by atoms with Gasteiger partial charge >= 0.3 is 0 Å². The third kappa shape index (κ3) is 5.88. The minimum Gasteiger partial charge on any atom is -0.378 e. The van der Waals surface area contributed by atoms with Gasteiger partial charge in [-0.15, -0.1) is 0 Å². The Labute approximate surface area is 50.0 Å². The molecule has 0 saturated carbocycles. The summed E-state index contributed by atoms with van der Waals surface area (Å²) < 4.78 is 4.99. The lowest BCUT2D eigenvalue weighted by Gasteiger charge is -2.03. The molecular formula is C5H14N2O. The Kier molecular flexibility index (Phi) is 4.95. The Morgan fingerprint density at radius 3 is 2.50 bits per heavy atom. The van der Waals surface area contributed by atoms with Crippen LogP contribution < -0.4 is 11.5 Å². The van der Waals surface area contributed by atoms with Crippen LogP contribution in [0.25, 0.3) is 0 Å². The molecule has 4 N–H and O–H groups in total. The van der Waals surface area contributed by atoms with Crippen molar-refractivity contribution in [2.45, 2.75) is 19.5 Å². The topological polar surface area (TPSA) is 61.3 Å². The number of ether oxygens (including phenoxy) is 1. The Morgan fingerprint density at radius 2 is 2.12 bits per heavy atom. The molecule has 0 heterocycles. The fourth-order valence-corrected chi connectivity index (χ4v) is 0.364. The van der Waals surface area contributed by atoms with Gasteiger partial charge < -0.3 is 16.2 Å². The zero-order chi connectivity index (χ0) is 6.41. The van der Waals surface area contributed by atoms with E-state index >= 15 is 0 Å². The molecule has 0 atom stereocenters. The first-order valence-corrected chi connectivity index (χ1v) is 2.86. The number of hydrogen-bond donors (Lipinski definition) is 2. The van der Waals surface area contributed by atoms with Gasteiger partial charge in [-0.1, -0.05) is 6.92 Å². The highest BCUT2D eigenvalue weighted by molar-refractivity contribution is 4.44. The van der Waals surface area contributed by atoms with Gasteiger partial charge in [0.05, 0.1) is 12.8 Å². The van der Waals surface area contributed by atoms with Crippen LogP contribution in [0.1, 0.15) is 13.3 Å². The summed E-state index contributed by atoms with van der Waals surface area (Å²) in [5.74, 6) is 0. The summed E-state index contributed by atoms with van der Waals surface area (Å²) in [4.78, 5) is 0. The lowest BCUT2D eigenvalue weighted by molar-refractivity contribution is 0.123. The van der Waals surface area contributed by atoms with Crippen molar-refractivity contribution < 1.29 is 4.74 Å². The first kappa shape index (κ1) is 7.88. The lowest BCUT2D eigenvalue weighted by Crippen LogP contribution is -2.35. The molecule has 0 aliphatic heterocycles. The van der Waals surface area contributed by atoms with Crippen molar-refractivity contribution >= 4 is 0 Å². The summed E-state index contributed by atoms with van der Waals surface area (Å²) >= 11 is 0. The fourth-order valence-electron chi connectivity index (χ4n) is 0.364. The highest BCUT2D eigenvalue weighted by Gasteiger charge is 1.90. The van der Waals surface area contributed by atoms with Gasteiger partial charge in [-0.05, 0) is 6.42 Å². The summed E-state index contributed by atoms with van der Waals surface area (Å²) in [6, 6.07) is 0. The molecule has 0 bridgehead atoms. The van der Waals surface area contributed by atoms with Crippen molar-refractivity contribution in [2.24, 2.45) is 11.5 Å². The largest absolute Gasteiger partial charge is 0.378 e. The maximum absolute atomic E-state index is 5.19. The summed E-state index contributed by atoms with van der Waals surface area (Å²) in [6.07, 6.45) is 0.703. The maximum atomic E-state index is 5.19. The summed E-state index contributed by atoms with van der Waals surface area (Å²) in [5, 5.41) is 0. The lowest BCUT2D eigenvalue weighted by atomic mass is 10.5. The smallest absolute Gasteiger partial charge is 0.0762 e. The van der Waals surface area contributed by atoms with E-state index in [0.717, 1.165) is 13.0 Å². The zero-order valence-corrected chi connectivity index (χ0v) is 5.26. The molecule has 0 aromatic carbocycles. The Bertz CT molecular complexity index is 47.7. The van der Waals surface area contributed by atoms with Crippen molar-refractivity contribution in [3.05, 3.63) is 0 Å². The van der Waals surface area contributed by atoms with Gasteiger partial charge in [-0.2, -0.15) is 0 Å². The fraction of sp³-hybridized carbons (Fsp3) is 1.00. The van der Waals surface area contributed by atoms with E-state index in [4.69, 9.17) is 16.2 Å². The molecule has 0 saturated heterocycles. The van der Waals surface area contributed by atoms with Gasteiger partial charge in [-0.25, -0.2) is 0 Å². The SMILES string of the molecule is CCCOCC(N)N. The van der Waals surface area contributed by atoms with Crippen molar-refractivity contribution in [3.8, 4) is 0 Å². The second kappa shape index (κ2) is 5.03. The van der Waals surface area contributed by atoms with E-state index in [1.165, 1.54) is 0 Å². The monoisotopic (exact) mass is 118 g/mol. The molecule has 0 aromatic rings. The average Bonchev–Trinajstić information content (AvgIpc) is 1.66. The molecule has 50 valence electrons. The number of nitrogens with two attached hydrogens (primary N) is 2. The molecule has 0 aliphatic rings. The van der Waals surface area contributed by atoms with E-state index in [0.29, 0.717) is 6.61 Å². The molecule has 0 fully saturated rings. The molecule has 0 amide bonds. The average molecular weight is 118 g/mol. The minimum atomic E-state index is -0.318. The minimum absolute atomic E-state index is 0.318. The van der Waals surface area contributed by atoms with Gasteiger partial charge in [0.1, 0.15) is 0 Å². The van der Waals surface area contributed by atoms with Crippen LogP contribution in [0.3, 0.4) is 0 Å². The van der Waals surface area contributed by atoms with E-state index in [1.807, 2.05) is 6.92 Å². The molecule has 0 rings (SSSR count). The highest BCUT2D eigenvalue weighted by atomic mass is 16.5. The van der Waals surface area contributed by atoms with Crippen LogP contribution in [-0.4, -0.2) is 19.4 Å². The third-order valence-corrected chi connectivity index (χ3v) is 0.659. The molecular weight excluding hydrogens is 104 g/mol. The Balaban J connectivity index is 2.72. The molecule has 8 heavy (non-hydrogen) atoms. The molecule has 0 spiro atoms.